The van der Waals surface area contributed by atoms with E-state index in [1.165, 1.54) is 0 Å². The summed E-state index contributed by atoms with van der Waals surface area (Å²) in [6, 6.07) is 9.02. The van der Waals surface area contributed by atoms with Crippen molar-refractivity contribution < 1.29 is 4.79 Å². The van der Waals surface area contributed by atoms with Gasteiger partial charge in [-0.3, -0.25) is 9.48 Å². The third kappa shape index (κ3) is 3.60. The molecule has 0 aliphatic heterocycles. The van der Waals surface area contributed by atoms with Gasteiger partial charge in [0, 0.05) is 30.0 Å². The van der Waals surface area contributed by atoms with Crippen molar-refractivity contribution in [3.8, 4) is 0 Å². The Morgan fingerprint density at radius 2 is 2.15 bits per heavy atom. The number of nitrogens with one attached hydrogen (secondary N) is 1. The molecule has 0 atom stereocenters. The molecule has 20 heavy (non-hydrogen) atoms. The predicted molar refractivity (Wildman–Crippen MR) is 79.5 cm³/mol. The second-order valence-corrected chi connectivity index (χ2v) is 4.89. The highest BCUT2D eigenvalue weighted by Crippen LogP contribution is 2.06. The van der Waals surface area contributed by atoms with Crippen molar-refractivity contribution >= 4 is 11.6 Å². The number of hydrogen-bond acceptors (Lipinski definition) is 3. The molecule has 2 aromatic rings. The first-order valence-electron chi connectivity index (χ1n) is 6.71. The Morgan fingerprint density at radius 3 is 2.80 bits per heavy atom. The number of aromatic nitrogens is 2. The van der Waals surface area contributed by atoms with Gasteiger partial charge in [-0.25, -0.2) is 0 Å². The Balaban J connectivity index is 1.79. The first kappa shape index (κ1) is 14.1. The van der Waals surface area contributed by atoms with Crippen molar-refractivity contribution in [2.45, 2.75) is 26.8 Å². The lowest BCUT2D eigenvalue weighted by atomic mass is 10.2. The van der Waals surface area contributed by atoms with Crippen molar-refractivity contribution in [1.82, 2.24) is 15.1 Å². The monoisotopic (exact) mass is 272 g/mol. The van der Waals surface area contributed by atoms with E-state index < -0.39 is 0 Å². The number of carbonyl (C=O) groups is 1. The molecule has 0 aliphatic carbocycles. The molecule has 1 heterocycles. The molecule has 0 unspecified atom stereocenters. The van der Waals surface area contributed by atoms with Gasteiger partial charge in [-0.2, -0.15) is 5.10 Å². The molecule has 0 saturated heterocycles. The molecule has 2 rings (SSSR count). The highest BCUT2D eigenvalue weighted by atomic mass is 16.1. The Bertz CT molecular complexity index is 604. The van der Waals surface area contributed by atoms with Gasteiger partial charge in [0.25, 0.3) is 5.91 Å². The molecule has 0 saturated carbocycles. The molecule has 0 bridgehead atoms. The molecule has 5 nitrogen and oxygen atoms in total. The molecule has 1 amide bonds. The standard InChI is InChI=1S/C15H20N4O/c1-11-9-12(2)19(18-11)8-4-7-17-15(20)13-5-3-6-14(16)10-13/h3,5-6,9-10H,4,7-8,16H2,1-2H3,(H,17,20). The van der Waals surface area contributed by atoms with Crippen LogP contribution in [0.15, 0.2) is 30.3 Å². The van der Waals surface area contributed by atoms with Crippen LogP contribution in [0.3, 0.4) is 0 Å². The Labute approximate surface area is 118 Å². The average molecular weight is 272 g/mol. The summed E-state index contributed by atoms with van der Waals surface area (Å²) in [6.45, 7) is 5.43. The Morgan fingerprint density at radius 1 is 1.35 bits per heavy atom. The largest absolute Gasteiger partial charge is 0.399 e. The van der Waals surface area contributed by atoms with Crippen LogP contribution in [0.4, 0.5) is 5.69 Å². The third-order valence-corrected chi connectivity index (χ3v) is 3.08. The van der Waals surface area contributed by atoms with Crippen LogP contribution in [-0.4, -0.2) is 22.2 Å². The van der Waals surface area contributed by atoms with Gasteiger partial charge >= 0.3 is 0 Å². The minimum absolute atomic E-state index is 0.0920. The quantitative estimate of drug-likeness (QED) is 0.645. The second kappa shape index (κ2) is 6.23. The lowest BCUT2D eigenvalue weighted by molar-refractivity contribution is 0.0952. The van der Waals surface area contributed by atoms with Crippen LogP contribution >= 0.6 is 0 Å². The van der Waals surface area contributed by atoms with E-state index in [1.54, 1.807) is 24.3 Å². The maximum Gasteiger partial charge on any atom is 0.251 e. The SMILES string of the molecule is Cc1cc(C)n(CCCNC(=O)c2cccc(N)c2)n1. The molecule has 0 radical (unpaired) electrons. The maximum absolute atomic E-state index is 11.9. The van der Waals surface area contributed by atoms with Crippen LogP contribution in [0.25, 0.3) is 0 Å². The van der Waals surface area contributed by atoms with Crippen LogP contribution < -0.4 is 11.1 Å². The van der Waals surface area contributed by atoms with Crippen molar-refractivity contribution in [1.29, 1.82) is 0 Å². The van der Waals surface area contributed by atoms with Gasteiger partial charge in [0.1, 0.15) is 0 Å². The van der Waals surface area contributed by atoms with Crippen LogP contribution in [0.5, 0.6) is 0 Å². The van der Waals surface area contributed by atoms with E-state index in [0.717, 1.165) is 24.4 Å². The summed E-state index contributed by atoms with van der Waals surface area (Å²) in [5.41, 5.74) is 9.01. The summed E-state index contributed by atoms with van der Waals surface area (Å²) in [4.78, 5) is 11.9. The average Bonchev–Trinajstić information content (AvgIpc) is 2.73. The number of amides is 1. The molecular weight excluding hydrogens is 252 g/mol. The van der Waals surface area contributed by atoms with Gasteiger partial charge in [-0.05, 0) is 44.5 Å². The normalized spacial score (nSPS) is 10.5. The Hall–Kier alpha value is -2.30. The van der Waals surface area contributed by atoms with Crippen molar-refractivity contribution in [2.75, 3.05) is 12.3 Å². The molecule has 0 fully saturated rings. The molecule has 5 heteroatoms. The van der Waals surface area contributed by atoms with Gasteiger partial charge in [0.15, 0.2) is 0 Å². The summed E-state index contributed by atoms with van der Waals surface area (Å²) < 4.78 is 1.96. The highest BCUT2D eigenvalue weighted by Gasteiger charge is 2.05. The van der Waals surface area contributed by atoms with E-state index in [-0.39, 0.29) is 5.91 Å². The summed E-state index contributed by atoms with van der Waals surface area (Å²) in [7, 11) is 0. The van der Waals surface area contributed by atoms with Crippen molar-refractivity contribution in [3.63, 3.8) is 0 Å². The smallest absolute Gasteiger partial charge is 0.251 e. The number of hydrogen-bond donors (Lipinski definition) is 2. The fraction of sp³-hybridized carbons (Fsp3) is 0.333. The minimum Gasteiger partial charge on any atom is -0.399 e. The zero-order valence-electron chi connectivity index (χ0n) is 11.9. The molecule has 106 valence electrons. The minimum atomic E-state index is -0.0920. The number of nitrogens with two attached hydrogens (primary N) is 1. The van der Waals surface area contributed by atoms with E-state index in [4.69, 9.17) is 5.73 Å². The van der Waals surface area contributed by atoms with E-state index in [0.29, 0.717) is 17.8 Å². The third-order valence-electron chi connectivity index (χ3n) is 3.08. The van der Waals surface area contributed by atoms with Gasteiger partial charge in [0.05, 0.1) is 5.69 Å². The molecule has 1 aromatic carbocycles. The maximum atomic E-state index is 11.9. The van der Waals surface area contributed by atoms with E-state index in [2.05, 4.69) is 10.4 Å². The van der Waals surface area contributed by atoms with Crippen molar-refractivity contribution in [2.24, 2.45) is 0 Å². The van der Waals surface area contributed by atoms with E-state index in [1.807, 2.05) is 24.6 Å². The van der Waals surface area contributed by atoms with Crippen LogP contribution in [0, 0.1) is 13.8 Å². The lowest BCUT2D eigenvalue weighted by Crippen LogP contribution is -2.25. The fourth-order valence-corrected chi connectivity index (χ4v) is 2.11. The number of nitrogen functional groups attached to an aromatic ring is 1. The molecule has 0 aliphatic rings. The van der Waals surface area contributed by atoms with Gasteiger partial charge in [0.2, 0.25) is 0 Å². The van der Waals surface area contributed by atoms with Crippen molar-refractivity contribution in [3.05, 3.63) is 47.3 Å². The fourth-order valence-electron chi connectivity index (χ4n) is 2.11. The summed E-state index contributed by atoms with van der Waals surface area (Å²) in [5, 5.41) is 7.27. The number of anilines is 1. The van der Waals surface area contributed by atoms with Crippen LogP contribution in [0.2, 0.25) is 0 Å². The first-order valence-corrected chi connectivity index (χ1v) is 6.71. The zero-order chi connectivity index (χ0) is 14.5. The first-order chi connectivity index (χ1) is 9.56. The summed E-state index contributed by atoms with van der Waals surface area (Å²) >= 11 is 0. The van der Waals surface area contributed by atoms with Gasteiger partial charge < -0.3 is 11.1 Å². The highest BCUT2D eigenvalue weighted by molar-refractivity contribution is 5.94. The topological polar surface area (TPSA) is 72.9 Å². The molecular formula is C15H20N4O. The zero-order valence-corrected chi connectivity index (χ0v) is 11.9. The number of carbonyl (C=O) groups excluding carboxylic acids is 1. The molecule has 3 N–H and O–H groups in total. The summed E-state index contributed by atoms with van der Waals surface area (Å²) in [6.07, 6.45) is 0.843. The molecule has 0 spiro atoms. The lowest BCUT2D eigenvalue weighted by Gasteiger charge is -2.07. The summed E-state index contributed by atoms with van der Waals surface area (Å²) in [5.74, 6) is -0.0920. The second-order valence-electron chi connectivity index (χ2n) is 4.89. The Kier molecular flexibility index (Phi) is 4.40. The van der Waals surface area contributed by atoms with Gasteiger partial charge in [-0.15, -0.1) is 0 Å². The number of rotatable bonds is 5. The number of nitrogens with zero attached hydrogens (tertiary/aromatic N) is 2. The number of aryl methyl sites for hydroxylation is 3. The van der Waals surface area contributed by atoms with E-state index >= 15 is 0 Å². The van der Waals surface area contributed by atoms with Crippen LogP contribution in [-0.2, 0) is 6.54 Å². The number of benzene rings is 1. The van der Waals surface area contributed by atoms with Crippen LogP contribution in [0.1, 0.15) is 28.2 Å². The van der Waals surface area contributed by atoms with Gasteiger partial charge in [-0.1, -0.05) is 6.07 Å². The van der Waals surface area contributed by atoms with E-state index in [9.17, 15) is 4.79 Å². The molecule has 1 aromatic heterocycles. The predicted octanol–water partition coefficient (Wildman–Crippen LogP) is 1.90.